The van der Waals surface area contributed by atoms with Crippen molar-refractivity contribution in [2.45, 2.75) is 443 Å². The van der Waals surface area contributed by atoms with Crippen molar-refractivity contribution in [3.63, 3.8) is 0 Å². The third kappa shape index (κ3) is 52.3. The van der Waals surface area contributed by atoms with E-state index in [2.05, 4.69) is 52.2 Å². The first-order chi connectivity index (χ1) is 48.3. The zero-order valence-electron chi connectivity index (χ0n) is 63.7. The Kier molecular flexibility index (Phi) is 60.1. The fourth-order valence-electron chi connectivity index (χ4n) is 13.0. The molecule has 100 heavy (non-hydrogen) atoms. The number of aliphatic hydroxyl groups excluding tert-OH is 1. The Labute approximate surface area is 605 Å². The van der Waals surface area contributed by atoms with Crippen molar-refractivity contribution in [1.29, 1.82) is 0 Å². The lowest BCUT2D eigenvalue weighted by molar-refractivity contribution is -0.272. The number of hydrogen-bond donors (Lipinski definition) is 6. The van der Waals surface area contributed by atoms with E-state index in [9.17, 15) is 58.1 Å². The summed E-state index contributed by atoms with van der Waals surface area (Å²) in [6.07, 6.45) is 34.4. The predicted octanol–water partition coefficient (Wildman–Crippen LogP) is 18.1. The van der Waals surface area contributed by atoms with Gasteiger partial charge < -0.3 is 59.1 Å². The Balaban J connectivity index is 3.85. The van der Waals surface area contributed by atoms with Crippen LogP contribution >= 0.6 is 7.82 Å². The molecule has 6 N–H and O–H groups in total. The number of carbonyl (C=O) groups excluding carboxylic acids is 6. The summed E-state index contributed by atoms with van der Waals surface area (Å²) in [7, 11) is -5.56. The molecule has 0 radical (unpaired) electrons. The van der Waals surface area contributed by atoms with Crippen LogP contribution in [0.1, 0.15) is 388 Å². The Bertz CT molecular complexity index is 2120. The first-order valence-electron chi connectivity index (χ1n) is 40.6. The quantitative estimate of drug-likeness (QED) is 0.0143. The van der Waals surface area contributed by atoms with Crippen LogP contribution in [0.15, 0.2) is 0 Å². The molecule has 586 valence electrons. The average Bonchev–Trinajstić information content (AvgIpc) is 0.781. The number of aliphatic hydroxyl groups is 1. The van der Waals surface area contributed by atoms with E-state index in [4.69, 9.17) is 32.9 Å². The number of unbranched alkanes of at least 4 members (excludes halogenated alkanes) is 39. The van der Waals surface area contributed by atoms with Crippen molar-refractivity contribution < 1.29 is 91.1 Å². The van der Waals surface area contributed by atoms with Gasteiger partial charge in [-0.1, -0.05) is 292 Å². The Morgan fingerprint density at radius 1 is 0.410 bits per heavy atom. The van der Waals surface area contributed by atoms with Crippen LogP contribution < -0.4 is 10.6 Å². The SMILES string of the molecule is CCCCCCCCCCC[C@H](CC(=O)N[C@H]1[C@H](OC[C@H](NC(=O)C[C@@H](CCCCCCCCCCC)OC(=O)CCCCCCCC)C(=O)O)O[C@H](CO)[C@@H](OP(=O)(O)O)[C@@H]1OC(=O)C[C@@H](CCCCCCCCCCC)OC(=O)CCCCCCCC)OC(=O)CCCCCCCC. The van der Waals surface area contributed by atoms with Gasteiger partial charge in [-0.2, -0.15) is 0 Å². The smallest absolute Gasteiger partial charge is 0.470 e. The third-order valence-electron chi connectivity index (χ3n) is 18.9. The largest absolute Gasteiger partial charge is 0.480 e. The van der Waals surface area contributed by atoms with Gasteiger partial charge in [0.1, 0.15) is 36.6 Å². The zero-order chi connectivity index (χ0) is 73.7. The van der Waals surface area contributed by atoms with Crippen LogP contribution in [0, 0.1) is 0 Å². The summed E-state index contributed by atoms with van der Waals surface area (Å²) < 4.78 is 54.7. The Morgan fingerprint density at radius 2 is 0.720 bits per heavy atom. The lowest BCUT2D eigenvalue weighted by Gasteiger charge is -2.45. The van der Waals surface area contributed by atoms with E-state index in [1.54, 1.807) is 0 Å². The maximum absolute atomic E-state index is 14.8. The lowest BCUT2D eigenvalue weighted by atomic mass is 9.95. The van der Waals surface area contributed by atoms with Gasteiger partial charge in [0.15, 0.2) is 18.4 Å². The van der Waals surface area contributed by atoms with Gasteiger partial charge in [-0.25, -0.2) is 9.36 Å². The van der Waals surface area contributed by atoms with Crippen molar-refractivity contribution in [1.82, 2.24) is 10.6 Å². The number of carboxylic acid groups (broad SMARTS) is 1. The number of nitrogens with one attached hydrogen (secondary N) is 2. The van der Waals surface area contributed by atoms with Gasteiger partial charge in [-0.3, -0.25) is 33.3 Å². The minimum Gasteiger partial charge on any atom is -0.480 e. The lowest BCUT2D eigenvalue weighted by Crippen LogP contribution is -2.66. The van der Waals surface area contributed by atoms with Crippen LogP contribution in [0.5, 0.6) is 0 Å². The van der Waals surface area contributed by atoms with E-state index in [1.165, 1.54) is 44.9 Å². The number of ether oxygens (including phenoxy) is 6. The number of carboxylic acids is 1. The van der Waals surface area contributed by atoms with E-state index in [1.807, 2.05) is 0 Å². The summed E-state index contributed by atoms with van der Waals surface area (Å²) in [6.45, 7) is 11.0. The van der Waals surface area contributed by atoms with Crippen molar-refractivity contribution in [3.8, 4) is 0 Å². The van der Waals surface area contributed by atoms with Crippen LogP contribution in [-0.2, 0) is 71.1 Å². The van der Waals surface area contributed by atoms with E-state index >= 15 is 0 Å². The molecule has 0 aliphatic carbocycles. The van der Waals surface area contributed by atoms with Gasteiger partial charge in [0.2, 0.25) is 11.8 Å². The molecule has 1 heterocycles. The maximum Gasteiger partial charge on any atom is 0.470 e. The molecule has 1 saturated heterocycles. The fraction of sp³-hybridized carbons (Fsp3) is 0.910. The molecule has 21 nitrogen and oxygen atoms in total. The van der Waals surface area contributed by atoms with Gasteiger partial charge in [0.25, 0.3) is 0 Å². The number of hydrogen-bond acceptors (Lipinski definition) is 16. The topological polar surface area (TPSA) is 306 Å². The van der Waals surface area contributed by atoms with Crippen LogP contribution in [0.3, 0.4) is 0 Å². The number of amides is 2. The molecule has 0 saturated carbocycles. The summed E-state index contributed by atoms with van der Waals surface area (Å²) in [5.74, 6) is -5.56. The molecule has 2 amide bonds. The molecule has 1 fully saturated rings. The highest BCUT2D eigenvalue weighted by Crippen LogP contribution is 2.42. The molecule has 9 atom stereocenters. The van der Waals surface area contributed by atoms with Gasteiger partial charge in [0, 0.05) is 19.3 Å². The third-order valence-corrected chi connectivity index (χ3v) is 19.5. The molecular weight excluding hydrogens is 1300 g/mol. The van der Waals surface area contributed by atoms with Crippen molar-refractivity contribution >= 4 is 49.5 Å². The maximum atomic E-state index is 14.8. The molecule has 0 aromatic rings. The predicted molar refractivity (Wildman–Crippen MR) is 393 cm³/mol. The van der Waals surface area contributed by atoms with Crippen LogP contribution in [0.2, 0.25) is 0 Å². The Hall–Kier alpha value is -3.72. The summed E-state index contributed by atoms with van der Waals surface area (Å²) in [4.78, 5) is 118. The van der Waals surface area contributed by atoms with E-state index in [0.717, 1.165) is 205 Å². The van der Waals surface area contributed by atoms with Crippen LogP contribution in [0.25, 0.3) is 0 Å². The number of carbonyl (C=O) groups is 7. The fourth-order valence-corrected chi connectivity index (χ4v) is 13.5. The molecule has 1 aliphatic heterocycles. The van der Waals surface area contributed by atoms with Gasteiger partial charge >= 0.3 is 37.7 Å². The summed E-state index contributed by atoms with van der Waals surface area (Å²) >= 11 is 0. The molecule has 0 bridgehead atoms. The summed E-state index contributed by atoms with van der Waals surface area (Å²) in [5.41, 5.74) is 0. The molecule has 0 unspecified atom stereocenters. The second-order valence-electron chi connectivity index (χ2n) is 28.5. The van der Waals surface area contributed by atoms with Crippen LogP contribution in [-0.4, -0.2) is 130 Å². The zero-order valence-corrected chi connectivity index (χ0v) is 64.5. The van der Waals surface area contributed by atoms with Gasteiger partial charge in [0.05, 0.1) is 32.5 Å². The number of rotatable bonds is 70. The minimum atomic E-state index is -5.56. The highest BCUT2D eigenvalue weighted by molar-refractivity contribution is 7.46. The number of phosphoric ester groups is 1. The summed E-state index contributed by atoms with van der Waals surface area (Å²) in [5, 5.41) is 26.9. The number of esters is 4. The first kappa shape index (κ1) is 94.3. The van der Waals surface area contributed by atoms with Crippen molar-refractivity contribution in [2.75, 3.05) is 13.2 Å². The molecule has 1 rings (SSSR count). The minimum absolute atomic E-state index is 0.123. The van der Waals surface area contributed by atoms with Crippen molar-refractivity contribution in [3.05, 3.63) is 0 Å². The standard InChI is InChI=1S/C78H145N2O19P/c1-7-13-19-25-31-34-37-40-46-52-63(94-70(84)55-49-43-28-22-16-10-4)58-68(82)79-66(77(88)89)62-93-78-74(80-69(83)59-64(53-47-41-38-35-32-26-20-14-8-2)95-71(85)56-50-44-29-23-17-11-5)76(75(67(61-81)97-78)99-100(90,91)92)98-73(87)60-65(54-48-42-39-36-33-27-21-15-9-3)96-72(86)57-51-45-30-24-18-12-6/h63-67,74-76,78,81H,7-62H2,1-6H3,(H,79,82)(H,80,83)(H,88,89)(H2,90,91,92)/t63-,64-,65-,66+,67-,74-,75-,76-,78-/m1/s1. The molecular formula is C78H145N2O19P. The molecule has 22 heteroatoms. The van der Waals surface area contributed by atoms with Gasteiger partial charge in [-0.05, 0) is 57.8 Å². The Morgan fingerprint density at radius 3 is 1.04 bits per heavy atom. The average molecular weight is 1450 g/mol. The molecule has 0 aromatic heterocycles. The number of aliphatic carboxylic acids is 1. The van der Waals surface area contributed by atoms with Crippen LogP contribution in [0.4, 0.5) is 0 Å². The highest BCUT2D eigenvalue weighted by atomic mass is 31.2. The van der Waals surface area contributed by atoms with E-state index in [0.29, 0.717) is 51.4 Å². The van der Waals surface area contributed by atoms with Gasteiger partial charge in [-0.15, -0.1) is 0 Å². The molecule has 0 aromatic carbocycles. The number of phosphoric acid groups is 1. The first-order valence-corrected chi connectivity index (χ1v) is 42.1. The highest BCUT2D eigenvalue weighted by Gasteiger charge is 2.52. The monoisotopic (exact) mass is 1450 g/mol. The van der Waals surface area contributed by atoms with E-state index < -0.39 is 131 Å². The van der Waals surface area contributed by atoms with E-state index in [-0.39, 0.29) is 32.1 Å². The second-order valence-corrected chi connectivity index (χ2v) is 29.7. The van der Waals surface area contributed by atoms with Crippen molar-refractivity contribution in [2.24, 2.45) is 0 Å². The normalized spacial score (nSPS) is 17.4. The second kappa shape index (κ2) is 63.7. The molecule has 0 spiro atoms. The summed E-state index contributed by atoms with van der Waals surface area (Å²) in [6, 6.07) is -3.59. The molecule has 1 aliphatic rings.